The first kappa shape index (κ1) is 19.2. The van der Waals surface area contributed by atoms with Gasteiger partial charge in [-0.3, -0.25) is 0 Å². The van der Waals surface area contributed by atoms with Crippen LogP contribution in [0, 0.1) is 0 Å². The minimum atomic E-state index is -0.904. The van der Waals surface area contributed by atoms with Crippen LogP contribution < -0.4 is 4.74 Å². The molecular weight excluding hydrogens is 398 g/mol. The third-order valence-corrected chi connectivity index (χ3v) is 5.96. The molecule has 0 atom stereocenters. The number of amides is 1. The third kappa shape index (κ3) is 3.20. The maximum absolute atomic E-state index is 11.3. The van der Waals surface area contributed by atoms with Gasteiger partial charge in [-0.1, -0.05) is 18.2 Å². The number of methoxy groups -OCH3 is 1. The van der Waals surface area contributed by atoms with Crippen molar-refractivity contribution in [3.05, 3.63) is 53.3 Å². The van der Waals surface area contributed by atoms with Crippen molar-refractivity contribution < 1.29 is 24.2 Å². The van der Waals surface area contributed by atoms with Crippen molar-refractivity contribution in [3.63, 3.8) is 0 Å². The van der Waals surface area contributed by atoms with E-state index in [0.717, 1.165) is 16.8 Å². The lowest BCUT2D eigenvalue weighted by molar-refractivity contribution is 0.132. The Kier molecular flexibility index (Phi) is 4.62. The summed E-state index contributed by atoms with van der Waals surface area (Å²) in [5.74, 6) is 1.07. The second kappa shape index (κ2) is 7.46. The SMILES string of the molecule is COc1ccc2c(O)c(C=C3N=Nc4ccccc43)oc2c1C1CCN(C(=O)O)CC1. The molecule has 2 aliphatic heterocycles. The lowest BCUT2D eigenvalue weighted by Crippen LogP contribution is -2.36. The highest BCUT2D eigenvalue weighted by Gasteiger charge is 2.29. The van der Waals surface area contributed by atoms with E-state index in [2.05, 4.69) is 10.2 Å². The average Bonchev–Trinajstić information content (AvgIpc) is 3.34. The van der Waals surface area contributed by atoms with E-state index >= 15 is 0 Å². The van der Waals surface area contributed by atoms with Crippen LogP contribution in [0.3, 0.4) is 0 Å². The molecule has 2 aliphatic rings. The highest BCUT2D eigenvalue weighted by molar-refractivity contribution is 5.95. The summed E-state index contributed by atoms with van der Waals surface area (Å²) < 4.78 is 11.7. The Balaban J connectivity index is 1.57. The molecule has 0 spiro atoms. The number of benzene rings is 2. The summed E-state index contributed by atoms with van der Waals surface area (Å²) in [4.78, 5) is 12.7. The van der Waals surface area contributed by atoms with Crippen LogP contribution in [0.15, 0.2) is 51.0 Å². The maximum Gasteiger partial charge on any atom is 0.407 e. The Bertz CT molecular complexity index is 1240. The van der Waals surface area contributed by atoms with Gasteiger partial charge in [0.05, 0.1) is 23.9 Å². The molecule has 2 N–H and O–H groups in total. The third-order valence-electron chi connectivity index (χ3n) is 5.96. The minimum Gasteiger partial charge on any atom is -0.504 e. The van der Waals surface area contributed by atoms with E-state index in [1.807, 2.05) is 30.3 Å². The maximum atomic E-state index is 11.3. The number of rotatable bonds is 3. The second-order valence-electron chi connectivity index (χ2n) is 7.66. The molecule has 1 fully saturated rings. The van der Waals surface area contributed by atoms with Crippen LogP contribution in [0.1, 0.15) is 35.6 Å². The van der Waals surface area contributed by atoms with E-state index in [1.165, 1.54) is 4.90 Å². The number of aromatic hydroxyl groups is 1. The lowest BCUT2D eigenvalue weighted by atomic mass is 9.88. The fourth-order valence-corrected chi connectivity index (χ4v) is 4.36. The highest BCUT2D eigenvalue weighted by Crippen LogP contribution is 2.45. The molecule has 31 heavy (non-hydrogen) atoms. The molecule has 1 aromatic heterocycles. The van der Waals surface area contributed by atoms with Gasteiger partial charge < -0.3 is 24.3 Å². The van der Waals surface area contributed by atoms with E-state index in [4.69, 9.17) is 9.15 Å². The van der Waals surface area contributed by atoms with Crippen LogP contribution in [0.25, 0.3) is 22.7 Å². The number of hydrogen-bond donors (Lipinski definition) is 2. The smallest absolute Gasteiger partial charge is 0.407 e. The molecular formula is C23H21N3O5. The van der Waals surface area contributed by atoms with Gasteiger partial charge in [0.2, 0.25) is 0 Å². The second-order valence-corrected chi connectivity index (χ2v) is 7.66. The number of carboxylic acid groups (broad SMARTS) is 1. The molecule has 5 rings (SSSR count). The standard InChI is InChI=1S/C23H21N3O5/c1-30-18-7-6-15-21(27)19(12-17-14-4-2-3-5-16(14)24-25-17)31-22(15)20(18)13-8-10-26(11-9-13)23(28)29/h2-7,12-13,27H,8-11H2,1H3,(H,28,29). The topological polar surface area (TPSA) is 108 Å². The van der Waals surface area contributed by atoms with Gasteiger partial charge in [0, 0.05) is 30.3 Å². The number of fused-ring (bicyclic) bond motifs is 2. The molecule has 0 bridgehead atoms. The predicted octanol–water partition coefficient (Wildman–Crippen LogP) is 5.60. The molecule has 2 aromatic carbocycles. The largest absolute Gasteiger partial charge is 0.504 e. The van der Waals surface area contributed by atoms with Gasteiger partial charge >= 0.3 is 6.09 Å². The Morgan fingerprint density at radius 3 is 2.71 bits per heavy atom. The van der Waals surface area contributed by atoms with Gasteiger partial charge in [-0.05, 0) is 37.0 Å². The van der Waals surface area contributed by atoms with E-state index in [-0.39, 0.29) is 11.7 Å². The number of nitrogens with zero attached hydrogens (tertiary/aromatic N) is 3. The Labute approximate surface area is 178 Å². The Morgan fingerprint density at radius 2 is 1.97 bits per heavy atom. The first-order valence-electron chi connectivity index (χ1n) is 10.1. The van der Waals surface area contributed by atoms with Crippen molar-refractivity contribution in [2.24, 2.45) is 10.2 Å². The number of furan rings is 1. The van der Waals surface area contributed by atoms with E-state index in [0.29, 0.717) is 54.1 Å². The Hall–Kier alpha value is -3.81. The zero-order valence-corrected chi connectivity index (χ0v) is 16.9. The monoisotopic (exact) mass is 419 g/mol. The van der Waals surface area contributed by atoms with E-state index in [1.54, 1.807) is 19.3 Å². The first-order valence-corrected chi connectivity index (χ1v) is 10.1. The van der Waals surface area contributed by atoms with Gasteiger partial charge in [0.25, 0.3) is 0 Å². The van der Waals surface area contributed by atoms with Crippen molar-refractivity contribution in [2.45, 2.75) is 18.8 Å². The summed E-state index contributed by atoms with van der Waals surface area (Å²) in [5.41, 5.74) is 3.69. The summed E-state index contributed by atoms with van der Waals surface area (Å²) in [6, 6.07) is 11.2. The number of likely N-dealkylation sites (tertiary alicyclic amines) is 1. The van der Waals surface area contributed by atoms with Crippen molar-refractivity contribution in [1.82, 2.24) is 4.90 Å². The summed E-state index contributed by atoms with van der Waals surface area (Å²) in [5, 5.41) is 29.1. The number of carbonyl (C=O) groups is 1. The molecule has 8 heteroatoms. The molecule has 3 heterocycles. The van der Waals surface area contributed by atoms with Crippen molar-refractivity contribution in [1.29, 1.82) is 0 Å². The normalized spacial score (nSPS) is 17.5. The number of piperidine rings is 1. The van der Waals surface area contributed by atoms with Crippen molar-refractivity contribution >= 4 is 34.5 Å². The van der Waals surface area contributed by atoms with Crippen LogP contribution >= 0.6 is 0 Å². The predicted molar refractivity (Wildman–Crippen MR) is 115 cm³/mol. The Morgan fingerprint density at radius 1 is 1.19 bits per heavy atom. The fourth-order valence-electron chi connectivity index (χ4n) is 4.36. The molecule has 1 amide bonds. The summed E-state index contributed by atoms with van der Waals surface area (Å²) >= 11 is 0. The van der Waals surface area contributed by atoms with Crippen LogP contribution in [0.2, 0.25) is 0 Å². The van der Waals surface area contributed by atoms with Crippen LogP contribution in [-0.2, 0) is 0 Å². The van der Waals surface area contributed by atoms with Gasteiger partial charge in [-0.2, -0.15) is 0 Å². The van der Waals surface area contributed by atoms with E-state index < -0.39 is 6.09 Å². The zero-order chi connectivity index (χ0) is 21.5. The van der Waals surface area contributed by atoms with Gasteiger partial charge in [-0.25, -0.2) is 4.79 Å². The molecule has 0 aliphatic carbocycles. The average molecular weight is 419 g/mol. The lowest BCUT2D eigenvalue weighted by Gasteiger charge is -2.30. The van der Waals surface area contributed by atoms with Gasteiger partial charge in [0.1, 0.15) is 11.3 Å². The summed E-state index contributed by atoms with van der Waals surface area (Å²) in [6.45, 7) is 0.890. The highest BCUT2D eigenvalue weighted by atomic mass is 16.5. The minimum absolute atomic E-state index is 0.0361. The quantitative estimate of drug-likeness (QED) is 0.574. The van der Waals surface area contributed by atoms with Crippen molar-refractivity contribution in [3.8, 4) is 11.5 Å². The number of azo groups is 1. The molecule has 158 valence electrons. The molecule has 0 unspecified atom stereocenters. The summed E-state index contributed by atoms with van der Waals surface area (Å²) in [6.07, 6.45) is 2.09. The molecule has 8 nitrogen and oxygen atoms in total. The van der Waals surface area contributed by atoms with Gasteiger partial charge in [0.15, 0.2) is 11.5 Å². The van der Waals surface area contributed by atoms with E-state index in [9.17, 15) is 15.0 Å². The van der Waals surface area contributed by atoms with Crippen LogP contribution in [0.5, 0.6) is 11.5 Å². The zero-order valence-electron chi connectivity index (χ0n) is 16.9. The first-order chi connectivity index (χ1) is 15.1. The molecule has 1 saturated heterocycles. The summed E-state index contributed by atoms with van der Waals surface area (Å²) in [7, 11) is 1.60. The molecule has 0 radical (unpaired) electrons. The van der Waals surface area contributed by atoms with Gasteiger partial charge in [-0.15, -0.1) is 10.2 Å². The van der Waals surface area contributed by atoms with Crippen molar-refractivity contribution in [2.75, 3.05) is 20.2 Å². The van der Waals surface area contributed by atoms with Crippen LogP contribution in [-0.4, -0.2) is 41.4 Å². The number of hydrogen-bond acceptors (Lipinski definition) is 6. The number of ether oxygens (including phenoxy) is 1. The molecule has 3 aromatic rings. The fraction of sp³-hybridized carbons (Fsp3) is 0.261. The van der Waals surface area contributed by atoms with Crippen LogP contribution in [0.4, 0.5) is 10.5 Å². The molecule has 0 saturated carbocycles.